The number of fused-ring (bicyclic) bond motifs is 1. The molecule has 1 atom stereocenters. The van der Waals surface area contributed by atoms with Crippen molar-refractivity contribution in [2.75, 3.05) is 38.1 Å². The van der Waals surface area contributed by atoms with Gasteiger partial charge in [-0.15, -0.1) is 24.0 Å². The number of aromatic nitrogens is 1. The molecule has 1 amide bonds. The van der Waals surface area contributed by atoms with Gasteiger partial charge in [-0.3, -0.25) is 14.8 Å². The number of amides is 1. The van der Waals surface area contributed by atoms with Crippen LogP contribution in [0.25, 0.3) is 0 Å². The first kappa shape index (κ1) is 23.5. The zero-order valence-corrected chi connectivity index (χ0v) is 20.7. The molecule has 1 fully saturated rings. The number of rotatable bonds is 6. The molecular formula is C24H32IN5O. The van der Waals surface area contributed by atoms with Crippen LogP contribution in [-0.4, -0.2) is 55.0 Å². The number of guanidine groups is 1. The maximum Gasteiger partial charge on any atom is 0.222 e. The second-order valence-electron chi connectivity index (χ2n) is 8.17. The molecule has 2 aliphatic heterocycles. The van der Waals surface area contributed by atoms with E-state index in [0.717, 1.165) is 51.4 Å². The van der Waals surface area contributed by atoms with Crippen LogP contribution in [0, 0.1) is 6.92 Å². The normalized spacial score (nSPS) is 18.2. The van der Waals surface area contributed by atoms with Gasteiger partial charge in [0.05, 0.1) is 0 Å². The number of benzene rings is 1. The minimum atomic E-state index is 0. The van der Waals surface area contributed by atoms with Gasteiger partial charge in [-0.25, -0.2) is 0 Å². The van der Waals surface area contributed by atoms with Crippen LogP contribution in [0.4, 0.5) is 5.69 Å². The Kier molecular flexibility index (Phi) is 8.28. The van der Waals surface area contributed by atoms with E-state index in [-0.39, 0.29) is 24.0 Å². The van der Waals surface area contributed by atoms with Gasteiger partial charge in [0.15, 0.2) is 5.96 Å². The summed E-state index contributed by atoms with van der Waals surface area (Å²) in [6, 6.07) is 10.7. The molecule has 1 aromatic heterocycles. The first-order chi connectivity index (χ1) is 14.7. The Morgan fingerprint density at radius 3 is 2.87 bits per heavy atom. The predicted octanol–water partition coefficient (Wildman–Crippen LogP) is 3.74. The third-order valence-corrected chi connectivity index (χ3v) is 6.27. The lowest BCUT2D eigenvalue weighted by Crippen LogP contribution is -2.42. The lowest BCUT2D eigenvalue weighted by Gasteiger charge is -2.23. The van der Waals surface area contributed by atoms with Gasteiger partial charge in [-0.05, 0) is 55.0 Å². The summed E-state index contributed by atoms with van der Waals surface area (Å²) >= 11 is 0. The highest BCUT2D eigenvalue weighted by Gasteiger charge is 2.32. The van der Waals surface area contributed by atoms with Crippen LogP contribution >= 0.6 is 24.0 Å². The standard InChI is InChI=1S/C24H31N5O.HI/c1-18-16-26-12-9-19(18)10-13-27-24(25-2)29-17-20(21-6-3-4-7-22(21)29)11-15-28-14-5-8-23(28)30;/h3-4,6-7,9,12,16,20H,5,8,10-11,13-15,17H2,1-2H3,(H,25,27);1H. The lowest BCUT2D eigenvalue weighted by molar-refractivity contribution is -0.127. The van der Waals surface area contributed by atoms with Crippen LogP contribution < -0.4 is 10.2 Å². The minimum absolute atomic E-state index is 0. The summed E-state index contributed by atoms with van der Waals surface area (Å²) in [6.07, 6.45) is 7.40. The molecular weight excluding hydrogens is 501 g/mol. The molecule has 0 saturated carbocycles. The number of hydrogen-bond donors (Lipinski definition) is 1. The first-order valence-electron chi connectivity index (χ1n) is 10.9. The van der Waals surface area contributed by atoms with Gasteiger partial charge in [-0.1, -0.05) is 18.2 Å². The van der Waals surface area contributed by atoms with Crippen molar-refractivity contribution in [3.8, 4) is 0 Å². The zero-order chi connectivity index (χ0) is 20.9. The molecule has 2 aliphatic rings. The van der Waals surface area contributed by atoms with E-state index in [1.54, 1.807) is 0 Å². The Hall–Kier alpha value is -2.16. The Morgan fingerprint density at radius 2 is 2.13 bits per heavy atom. The molecule has 1 unspecified atom stereocenters. The van der Waals surface area contributed by atoms with E-state index in [9.17, 15) is 4.79 Å². The van der Waals surface area contributed by atoms with E-state index in [2.05, 4.69) is 57.4 Å². The van der Waals surface area contributed by atoms with Gasteiger partial charge in [0.2, 0.25) is 5.91 Å². The number of hydrogen-bond acceptors (Lipinski definition) is 3. The summed E-state index contributed by atoms with van der Waals surface area (Å²) in [6.45, 7) is 5.58. The van der Waals surface area contributed by atoms with E-state index in [4.69, 9.17) is 0 Å². The molecule has 1 aromatic carbocycles. The number of aliphatic imine (C=N–C) groups is 1. The largest absolute Gasteiger partial charge is 0.356 e. The number of nitrogens with zero attached hydrogens (tertiary/aromatic N) is 4. The van der Waals surface area contributed by atoms with Crippen LogP contribution in [0.2, 0.25) is 0 Å². The van der Waals surface area contributed by atoms with Gasteiger partial charge >= 0.3 is 0 Å². The molecule has 31 heavy (non-hydrogen) atoms. The monoisotopic (exact) mass is 533 g/mol. The number of nitrogens with one attached hydrogen (secondary N) is 1. The molecule has 0 radical (unpaired) electrons. The van der Waals surface area contributed by atoms with Gasteiger partial charge in [0, 0.05) is 63.6 Å². The maximum atomic E-state index is 12.0. The van der Waals surface area contributed by atoms with E-state index >= 15 is 0 Å². The van der Waals surface area contributed by atoms with Gasteiger partial charge in [0.25, 0.3) is 0 Å². The first-order valence-corrected chi connectivity index (χ1v) is 10.9. The fourth-order valence-corrected chi connectivity index (χ4v) is 4.58. The Labute approximate surface area is 202 Å². The van der Waals surface area contributed by atoms with Gasteiger partial charge in [0.1, 0.15) is 0 Å². The van der Waals surface area contributed by atoms with Crippen molar-refractivity contribution in [3.63, 3.8) is 0 Å². The van der Waals surface area contributed by atoms with Gasteiger partial charge in [-0.2, -0.15) is 0 Å². The lowest BCUT2D eigenvalue weighted by atomic mass is 9.98. The highest BCUT2D eigenvalue weighted by atomic mass is 127. The highest BCUT2D eigenvalue weighted by Crippen LogP contribution is 2.38. The van der Waals surface area contributed by atoms with Gasteiger partial charge < -0.3 is 15.1 Å². The smallest absolute Gasteiger partial charge is 0.222 e. The van der Waals surface area contributed by atoms with Crippen LogP contribution in [0.15, 0.2) is 47.7 Å². The number of likely N-dealkylation sites (tertiary alicyclic amines) is 1. The molecule has 166 valence electrons. The van der Waals surface area contributed by atoms with Crippen molar-refractivity contribution in [1.29, 1.82) is 0 Å². The van der Waals surface area contributed by atoms with E-state index in [0.29, 0.717) is 18.2 Å². The summed E-state index contributed by atoms with van der Waals surface area (Å²) in [4.78, 5) is 25.0. The second-order valence-corrected chi connectivity index (χ2v) is 8.17. The number of para-hydroxylation sites is 1. The van der Waals surface area contributed by atoms with Crippen LogP contribution in [0.1, 0.15) is 41.9 Å². The molecule has 0 spiro atoms. The van der Waals surface area contributed by atoms with E-state index in [1.807, 2.05) is 24.3 Å². The van der Waals surface area contributed by atoms with E-state index in [1.165, 1.54) is 22.4 Å². The summed E-state index contributed by atoms with van der Waals surface area (Å²) in [5.41, 5.74) is 5.11. The van der Waals surface area contributed by atoms with Crippen LogP contribution in [-0.2, 0) is 11.2 Å². The van der Waals surface area contributed by atoms with Crippen molar-refractivity contribution in [3.05, 3.63) is 59.4 Å². The maximum absolute atomic E-state index is 12.0. The molecule has 1 N–H and O–H groups in total. The summed E-state index contributed by atoms with van der Waals surface area (Å²) in [5.74, 6) is 1.63. The third kappa shape index (κ3) is 5.37. The highest BCUT2D eigenvalue weighted by molar-refractivity contribution is 14.0. The fraction of sp³-hybridized carbons (Fsp3) is 0.458. The molecule has 1 saturated heterocycles. The Bertz CT molecular complexity index is 932. The quantitative estimate of drug-likeness (QED) is 0.349. The number of anilines is 1. The van der Waals surface area contributed by atoms with Crippen LogP contribution in [0.5, 0.6) is 0 Å². The number of carbonyl (C=O) groups excluding carboxylic acids is 1. The number of halogens is 1. The second kappa shape index (κ2) is 10.9. The minimum Gasteiger partial charge on any atom is -0.356 e. The molecule has 2 aromatic rings. The van der Waals surface area contributed by atoms with Crippen LogP contribution in [0.3, 0.4) is 0 Å². The molecule has 3 heterocycles. The number of pyridine rings is 1. The topological polar surface area (TPSA) is 60.8 Å². The zero-order valence-electron chi connectivity index (χ0n) is 18.4. The average Bonchev–Trinajstić information content (AvgIpc) is 3.34. The molecule has 6 nitrogen and oxygen atoms in total. The molecule has 0 aliphatic carbocycles. The number of aryl methyl sites for hydroxylation is 1. The summed E-state index contributed by atoms with van der Waals surface area (Å²) in [5, 5.41) is 3.54. The fourth-order valence-electron chi connectivity index (χ4n) is 4.58. The third-order valence-electron chi connectivity index (χ3n) is 6.27. The Balaban J connectivity index is 0.00000272. The SMILES string of the molecule is CN=C(NCCc1ccncc1C)N1CC(CCN2CCCC2=O)c2ccccc21.I. The summed E-state index contributed by atoms with van der Waals surface area (Å²) < 4.78 is 0. The van der Waals surface area contributed by atoms with Crippen molar-refractivity contribution in [2.45, 2.75) is 38.5 Å². The van der Waals surface area contributed by atoms with Crippen molar-refractivity contribution >= 4 is 41.5 Å². The summed E-state index contributed by atoms with van der Waals surface area (Å²) in [7, 11) is 1.85. The van der Waals surface area contributed by atoms with Crippen molar-refractivity contribution < 1.29 is 4.79 Å². The molecule has 4 rings (SSSR count). The van der Waals surface area contributed by atoms with Crippen molar-refractivity contribution in [2.24, 2.45) is 4.99 Å². The number of carbonyl (C=O) groups is 1. The molecule has 0 bridgehead atoms. The Morgan fingerprint density at radius 1 is 1.29 bits per heavy atom. The van der Waals surface area contributed by atoms with Crippen molar-refractivity contribution in [1.82, 2.24) is 15.2 Å². The average molecular weight is 533 g/mol. The molecule has 7 heteroatoms. The predicted molar refractivity (Wildman–Crippen MR) is 136 cm³/mol. The van der Waals surface area contributed by atoms with E-state index < -0.39 is 0 Å².